The van der Waals surface area contributed by atoms with Gasteiger partial charge in [-0.05, 0) is 0 Å². The molecule has 8 heteroatoms. The largest absolute Gasteiger partial charge is 1.00 e. The van der Waals surface area contributed by atoms with Gasteiger partial charge in [-0.2, -0.15) is 0 Å². The molecule has 0 saturated carbocycles. The summed E-state index contributed by atoms with van der Waals surface area (Å²) < 4.78 is 4.13. The Bertz CT molecular complexity index is 195. The van der Waals surface area contributed by atoms with E-state index in [4.69, 9.17) is 15.3 Å². The average molecular weight is 216 g/mol. The molecule has 7 nitrogen and oxygen atoms in total. The second-order valence-electron chi connectivity index (χ2n) is 2.10. The van der Waals surface area contributed by atoms with Crippen molar-refractivity contribution >= 4 is 11.9 Å². The maximum atomic E-state index is 10.6. The third-order valence-corrected chi connectivity index (χ3v) is 1.12. The number of hydrogen-bond acceptors (Lipinski definition) is 7. The van der Waals surface area contributed by atoms with E-state index < -0.39 is 30.8 Å². The Morgan fingerprint density at radius 3 is 2.14 bits per heavy atom. The van der Waals surface area contributed by atoms with Gasteiger partial charge in [-0.1, -0.05) is 0 Å². The molecule has 0 aliphatic rings. The van der Waals surface area contributed by atoms with Crippen molar-refractivity contribution in [1.29, 1.82) is 0 Å². The summed E-state index contributed by atoms with van der Waals surface area (Å²) >= 11 is 0. The summed E-state index contributed by atoms with van der Waals surface area (Å²) in [4.78, 5) is 20.6. The van der Waals surface area contributed by atoms with E-state index in [-0.39, 0.29) is 36.2 Å². The third-order valence-electron chi connectivity index (χ3n) is 1.12. The number of ether oxygens (including phenoxy) is 1. The molecule has 0 rings (SSSR count). The van der Waals surface area contributed by atoms with Crippen LogP contribution in [0.2, 0.25) is 0 Å². The molecule has 0 saturated heterocycles. The van der Waals surface area contributed by atoms with Gasteiger partial charge in [0.05, 0.1) is 12.6 Å². The fourth-order valence-corrected chi connectivity index (χ4v) is 0.489. The molecule has 0 spiro atoms. The quantitative estimate of drug-likeness (QED) is 0.308. The summed E-state index contributed by atoms with van der Waals surface area (Å²) in [6.07, 6.45) is -4.53. The fourth-order valence-electron chi connectivity index (χ4n) is 0.489. The minimum Gasteiger partial charge on any atom is -0.547 e. The molecule has 2 atom stereocenters. The Labute approximate surface area is 102 Å². The second-order valence-corrected chi connectivity index (χ2v) is 2.10. The van der Waals surface area contributed by atoms with Gasteiger partial charge in [0.2, 0.25) is 0 Å². The van der Waals surface area contributed by atoms with Gasteiger partial charge in [-0.25, -0.2) is 4.79 Å². The molecule has 0 fully saturated rings. The van der Waals surface area contributed by atoms with Crippen molar-refractivity contribution in [3.8, 4) is 0 Å². The number of aliphatic carboxylic acids is 1. The van der Waals surface area contributed by atoms with Crippen LogP contribution >= 0.6 is 0 Å². The van der Waals surface area contributed by atoms with Crippen molar-refractivity contribution in [2.75, 3.05) is 13.2 Å². The first-order valence-electron chi connectivity index (χ1n) is 3.35. The van der Waals surface area contributed by atoms with E-state index in [9.17, 15) is 14.7 Å². The number of carboxylic acid groups (broad SMARTS) is 1. The summed E-state index contributed by atoms with van der Waals surface area (Å²) in [5, 5.41) is 35.5. The van der Waals surface area contributed by atoms with Crippen molar-refractivity contribution < 1.29 is 64.3 Å². The SMILES string of the molecule is O=C([O-])C(O)C(O)C(=O)OCCO.[Na+]. The van der Waals surface area contributed by atoms with E-state index in [0.717, 1.165) is 0 Å². The van der Waals surface area contributed by atoms with Crippen LogP contribution in [0.15, 0.2) is 0 Å². The summed E-state index contributed by atoms with van der Waals surface area (Å²) in [5.74, 6) is -3.31. The zero-order valence-electron chi connectivity index (χ0n) is 7.54. The van der Waals surface area contributed by atoms with Crippen molar-refractivity contribution in [1.82, 2.24) is 0 Å². The Kier molecular flexibility index (Phi) is 9.47. The van der Waals surface area contributed by atoms with Crippen LogP contribution in [0.3, 0.4) is 0 Å². The van der Waals surface area contributed by atoms with Crippen molar-refractivity contribution in [3.05, 3.63) is 0 Å². The molecule has 0 aliphatic carbocycles. The molecule has 0 radical (unpaired) electrons. The number of aliphatic hydroxyl groups excluding tert-OH is 3. The van der Waals surface area contributed by atoms with Crippen LogP contribution in [0.4, 0.5) is 0 Å². The predicted octanol–water partition coefficient (Wildman–Crippen LogP) is -7.00. The molecule has 0 heterocycles. The predicted molar refractivity (Wildman–Crippen MR) is 35.1 cm³/mol. The van der Waals surface area contributed by atoms with Crippen LogP contribution in [-0.4, -0.2) is 52.7 Å². The Balaban J connectivity index is 0. The van der Waals surface area contributed by atoms with Crippen LogP contribution in [0.5, 0.6) is 0 Å². The van der Waals surface area contributed by atoms with Gasteiger partial charge in [-0.3, -0.25) is 0 Å². The van der Waals surface area contributed by atoms with Gasteiger partial charge in [0, 0.05) is 0 Å². The second kappa shape index (κ2) is 8.16. The van der Waals surface area contributed by atoms with E-state index in [0.29, 0.717) is 0 Å². The number of carbonyl (C=O) groups excluding carboxylic acids is 2. The van der Waals surface area contributed by atoms with Crippen LogP contribution in [0.1, 0.15) is 0 Å². The molecule has 2 unspecified atom stereocenters. The number of carbonyl (C=O) groups is 2. The molecule has 3 N–H and O–H groups in total. The standard InChI is InChI=1S/C6H10O7.Na/c7-1-2-13-6(12)4(9)3(8)5(10)11;/h3-4,7-9H,1-2H2,(H,10,11);/q;+1/p-1. The molecule has 0 aliphatic heterocycles. The summed E-state index contributed by atoms with van der Waals surface area (Å²) in [6, 6.07) is 0. The first-order valence-corrected chi connectivity index (χ1v) is 3.35. The molecule has 14 heavy (non-hydrogen) atoms. The van der Waals surface area contributed by atoms with Crippen LogP contribution in [-0.2, 0) is 14.3 Å². The summed E-state index contributed by atoms with van der Waals surface area (Å²) in [7, 11) is 0. The number of rotatable bonds is 5. The van der Waals surface area contributed by atoms with Crippen molar-refractivity contribution in [2.24, 2.45) is 0 Å². The number of esters is 1. The minimum atomic E-state index is -2.33. The summed E-state index contributed by atoms with van der Waals surface area (Å²) in [6.45, 7) is -0.838. The first-order chi connectivity index (χ1) is 6.00. The monoisotopic (exact) mass is 216 g/mol. The number of carboxylic acids is 1. The zero-order valence-corrected chi connectivity index (χ0v) is 9.54. The molecule has 0 aromatic rings. The molecule has 0 bridgehead atoms. The van der Waals surface area contributed by atoms with Gasteiger partial charge < -0.3 is 30.0 Å². The maximum absolute atomic E-state index is 10.6. The van der Waals surface area contributed by atoms with E-state index in [1.807, 2.05) is 0 Å². The van der Waals surface area contributed by atoms with Crippen LogP contribution in [0, 0.1) is 0 Å². The molecular weight excluding hydrogens is 207 g/mol. The molecule has 0 aromatic heterocycles. The maximum Gasteiger partial charge on any atom is 1.00 e. The van der Waals surface area contributed by atoms with Gasteiger partial charge >= 0.3 is 35.5 Å². The molecule has 0 aromatic carbocycles. The number of hydrogen-bond donors (Lipinski definition) is 3. The minimum absolute atomic E-state index is 0. The Morgan fingerprint density at radius 1 is 1.29 bits per heavy atom. The first kappa shape index (κ1) is 16.3. The molecular formula is C6H9NaO7. The van der Waals surface area contributed by atoms with E-state index >= 15 is 0 Å². The Morgan fingerprint density at radius 2 is 1.79 bits per heavy atom. The average Bonchev–Trinajstić information content (AvgIpc) is 2.11. The zero-order chi connectivity index (χ0) is 10.4. The van der Waals surface area contributed by atoms with Gasteiger partial charge in [0.15, 0.2) is 6.10 Å². The van der Waals surface area contributed by atoms with Crippen LogP contribution in [0.25, 0.3) is 0 Å². The van der Waals surface area contributed by atoms with E-state index in [2.05, 4.69) is 4.74 Å². The van der Waals surface area contributed by atoms with Gasteiger partial charge in [-0.15, -0.1) is 0 Å². The van der Waals surface area contributed by atoms with Crippen molar-refractivity contribution in [2.45, 2.75) is 12.2 Å². The Hall–Kier alpha value is -0.180. The molecule has 76 valence electrons. The normalized spacial score (nSPS) is 13.6. The summed E-state index contributed by atoms with van der Waals surface area (Å²) in [5.41, 5.74) is 0. The van der Waals surface area contributed by atoms with Crippen molar-refractivity contribution in [3.63, 3.8) is 0 Å². The third kappa shape index (κ3) is 5.53. The van der Waals surface area contributed by atoms with Gasteiger partial charge in [0.25, 0.3) is 0 Å². The topological polar surface area (TPSA) is 127 Å². The van der Waals surface area contributed by atoms with Crippen LogP contribution < -0.4 is 34.7 Å². The number of aliphatic hydroxyl groups is 3. The van der Waals surface area contributed by atoms with E-state index in [1.54, 1.807) is 0 Å². The fraction of sp³-hybridized carbons (Fsp3) is 0.667. The van der Waals surface area contributed by atoms with E-state index in [1.165, 1.54) is 0 Å². The van der Waals surface area contributed by atoms with Gasteiger partial charge in [0.1, 0.15) is 12.7 Å². The molecule has 0 amide bonds. The smallest absolute Gasteiger partial charge is 0.547 e.